The molecule has 36 valence electrons. The van der Waals surface area contributed by atoms with Gasteiger partial charge in [0, 0.05) is 6.21 Å². The van der Waals surface area contributed by atoms with Gasteiger partial charge in [-0.15, -0.1) is 0 Å². The lowest BCUT2D eigenvalue weighted by Crippen LogP contribution is -1.77. The third-order valence-electron chi connectivity index (χ3n) is 0.612. The van der Waals surface area contributed by atoms with Gasteiger partial charge in [0.1, 0.15) is 11.3 Å². The Morgan fingerprint density at radius 3 is 2.86 bits per heavy atom. The second kappa shape index (κ2) is 1.84. The summed E-state index contributed by atoms with van der Waals surface area (Å²) in [5.41, 5.74) is 0. The molecule has 1 rings (SSSR count). The Balaban J connectivity index is 3.00. The maximum absolute atomic E-state index is 9.85. The fraction of sp³-hybridized carbons (Fsp3) is 0. The fourth-order valence-corrected chi connectivity index (χ4v) is 0.572. The SMILES string of the molecule is O=S=C1C=CC=N1. The van der Waals surface area contributed by atoms with Crippen molar-refractivity contribution < 1.29 is 4.21 Å². The van der Waals surface area contributed by atoms with Gasteiger partial charge in [-0.1, -0.05) is 0 Å². The lowest BCUT2D eigenvalue weighted by Gasteiger charge is -1.68. The Kier molecular flexibility index (Phi) is 1.17. The summed E-state index contributed by atoms with van der Waals surface area (Å²) < 4.78 is 9.85. The van der Waals surface area contributed by atoms with E-state index in [4.69, 9.17) is 0 Å². The summed E-state index contributed by atoms with van der Waals surface area (Å²) in [6.45, 7) is 0. The van der Waals surface area contributed by atoms with Crippen LogP contribution < -0.4 is 0 Å². The van der Waals surface area contributed by atoms with Gasteiger partial charge in [-0.3, -0.25) is 0 Å². The molecular weight excluding hydrogens is 110 g/mol. The van der Waals surface area contributed by atoms with Crippen molar-refractivity contribution in [1.82, 2.24) is 0 Å². The van der Waals surface area contributed by atoms with Crippen LogP contribution >= 0.6 is 0 Å². The largest absolute Gasteiger partial charge is 0.243 e. The fourth-order valence-electron chi connectivity index (χ4n) is 0.334. The van der Waals surface area contributed by atoms with Crippen LogP contribution in [0.3, 0.4) is 0 Å². The Morgan fingerprint density at radius 1 is 1.71 bits per heavy atom. The van der Waals surface area contributed by atoms with E-state index in [0.717, 1.165) is 0 Å². The van der Waals surface area contributed by atoms with Crippen LogP contribution in [-0.2, 0) is 11.3 Å². The summed E-state index contributed by atoms with van der Waals surface area (Å²) in [5, 5.41) is 0. The van der Waals surface area contributed by atoms with Crippen LogP contribution in [-0.4, -0.2) is 15.4 Å². The van der Waals surface area contributed by atoms with Crippen molar-refractivity contribution in [2.24, 2.45) is 4.99 Å². The molecule has 0 bridgehead atoms. The lowest BCUT2D eigenvalue weighted by molar-refractivity contribution is 0.701. The van der Waals surface area contributed by atoms with E-state index in [9.17, 15) is 4.21 Å². The average molecular weight is 113 g/mol. The van der Waals surface area contributed by atoms with E-state index in [1.165, 1.54) is 0 Å². The summed E-state index contributed by atoms with van der Waals surface area (Å²) in [5.74, 6) is 0. The maximum atomic E-state index is 9.85. The summed E-state index contributed by atoms with van der Waals surface area (Å²) in [6, 6.07) is 0. The smallest absolute Gasteiger partial charge is 0.156 e. The van der Waals surface area contributed by atoms with E-state index < -0.39 is 0 Å². The standard InChI is InChI=1S/C4H3NOS/c6-7-4-2-1-3-5-4/h1-3H. The molecule has 0 atom stereocenters. The average Bonchev–Trinajstić information content (AvgIpc) is 2.14. The van der Waals surface area contributed by atoms with Crippen LogP contribution in [0.4, 0.5) is 0 Å². The van der Waals surface area contributed by atoms with Gasteiger partial charge >= 0.3 is 0 Å². The van der Waals surface area contributed by atoms with E-state index in [1.807, 2.05) is 0 Å². The van der Waals surface area contributed by atoms with Crippen LogP contribution in [0.1, 0.15) is 0 Å². The second-order valence-corrected chi connectivity index (χ2v) is 1.64. The Morgan fingerprint density at radius 2 is 2.57 bits per heavy atom. The highest BCUT2D eigenvalue weighted by Crippen LogP contribution is 1.84. The van der Waals surface area contributed by atoms with Gasteiger partial charge in [0.2, 0.25) is 0 Å². The molecule has 0 aromatic heterocycles. The third-order valence-corrected chi connectivity index (χ3v) is 1.02. The lowest BCUT2D eigenvalue weighted by atomic mass is 10.6. The summed E-state index contributed by atoms with van der Waals surface area (Å²) in [7, 11) is 0. The molecule has 2 nitrogen and oxygen atoms in total. The highest BCUT2D eigenvalue weighted by Gasteiger charge is 1.88. The first-order valence-electron chi connectivity index (χ1n) is 1.81. The Bertz CT molecular complexity index is 162. The molecule has 0 saturated carbocycles. The maximum Gasteiger partial charge on any atom is 0.156 e. The number of nitrogens with zero attached hydrogens (tertiary/aromatic N) is 1. The van der Waals surface area contributed by atoms with Crippen molar-refractivity contribution >= 4 is 22.5 Å². The van der Waals surface area contributed by atoms with Crippen molar-refractivity contribution in [1.29, 1.82) is 0 Å². The van der Waals surface area contributed by atoms with Crippen LogP contribution in [0.15, 0.2) is 17.1 Å². The summed E-state index contributed by atoms with van der Waals surface area (Å²) in [4.78, 5) is 4.23. The Hall–Kier alpha value is -0.700. The summed E-state index contributed by atoms with van der Waals surface area (Å²) in [6.07, 6.45) is 5.01. The first-order valence-corrected chi connectivity index (χ1v) is 2.55. The normalized spacial score (nSPS) is 15.7. The van der Waals surface area contributed by atoms with Crippen molar-refractivity contribution in [2.75, 3.05) is 0 Å². The van der Waals surface area contributed by atoms with E-state index >= 15 is 0 Å². The van der Waals surface area contributed by atoms with Crippen molar-refractivity contribution in [3.8, 4) is 0 Å². The molecule has 0 aromatic carbocycles. The molecular formula is C4H3NOS. The molecule has 0 fully saturated rings. The van der Waals surface area contributed by atoms with Crippen molar-refractivity contribution in [3.63, 3.8) is 0 Å². The van der Waals surface area contributed by atoms with E-state index in [2.05, 4.69) is 4.99 Å². The van der Waals surface area contributed by atoms with Gasteiger partial charge in [-0.25, -0.2) is 9.20 Å². The summed E-state index contributed by atoms with van der Waals surface area (Å²) >= 11 is 0.414. The molecule has 1 aliphatic heterocycles. The number of allylic oxidation sites excluding steroid dienone is 1. The third kappa shape index (κ3) is 0.838. The van der Waals surface area contributed by atoms with Crippen molar-refractivity contribution in [2.45, 2.75) is 0 Å². The zero-order chi connectivity index (χ0) is 5.11. The number of rotatable bonds is 0. The molecule has 0 radical (unpaired) electrons. The van der Waals surface area contributed by atoms with Gasteiger partial charge in [-0.2, -0.15) is 0 Å². The molecule has 0 aliphatic carbocycles. The molecule has 3 heteroatoms. The monoisotopic (exact) mass is 113 g/mol. The van der Waals surface area contributed by atoms with Crippen LogP contribution in [0.2, 0.25) is 0 Å². The molecule has 0 spiro atoms. The van der Waals surface area contributed by atoms with Gasteiger partial charge in [-0.05, 0) is 12.2 Å². The van der Waals surface area contributed by atoms with E-state index in [0.29, 0.717) is 16.2 Å². The number of aliphatic imine (C=N–C) groups is 1. The minimum Gasteiger partial charge on any atom is -0.243 e. The minimum atomic E-state index is 0.414. The first-order chi connectivity index (χ1) is 3.43. The van der Waals surface area contributed by atoms with Gasteiger partial charge in [0.05, 0.1) is 0 Å². The number of hydrogen-bond acceptors (Lipinski definition) is 1. The molecule has 0 unspecified atom stereocenters. The van der Waals surface area contributed by atoms with Crippen LogP contribution in [0.25, 0.3) is 0 Å². The van der Waals surface area contributed by atoms with Gasteiger partial charge < -0.3 is 0 Å². The molecule has 0 aromatic rings. The zero-order valence-corrected chi connectivity index (χ0v) is 4.31. The molecule has 0 N–H and O–H groups in total. The topological polar surface area (TPSA) is 29.4 Å². The second-order valence-electron chi connectivity index (χ2n) is 1.06. The van der Waals surface area contributed by atoms with Crippen LogP contribution in [0, 0.1) is 0 Å². The van der Waals surface area contributed by atoms with Gasteiger partial charge in [0.15, 0.2) is 4.99 Å². The predicted octanol–water partition coefficient (Wildman–Crippen LogP) is -0.0301. The Labute approximate surface area is 44.6 Å². The molecule has 1 aliphatic rings. The van der Waals surface area contributed by atoms with E-state index in [1.54, 1.807) is 18.4 Å². The highest BCUT2D eigenvalue weighted by atomic mass is 32.1. The first kappa shape index (κ1) is 4.46. The molecule has 0 saturated heterocycles. The minimum absolute atomic E-state index is 0.414. The molecule has 1 heterocycles. The quantitative estimate of drug-likeness (QED) is 0.406. The number of hydrogen-bond donors (Lipinski definition) is 0. The van der Waals surface area contributed by atoms with E-state index in [-0.39, 0.29) is 0 Å². The predicted molar refractivity (Wildman–Crippen MR) is 30.8 cm³/mol. The molecule has 0 amide bonds. The van der Waals surface area contributed by atoms with Gasteiger partial charge in [0.25, 0.3) is 0 Å². The molecule has 7 heavy (non-hydrogen) atoms. The highest BCUT2D eigenvalue weighted by molar-refractivity contribution is 7.66. The van der Waals surface area contributed by atoms with Crippen molar-refractivity contribution in [3.05, 3.63) is 12.2 Å². The zero-order valence-electron chi connectivity index (χ0n) is 3.50. The van der Waals surface area contributed by atoms with Crippen LogP contribution in [0.5, 0.6) is 0 Å².